The van der Waals surface area contributed by atoms with Crippen molar-refractivity contribution in [1.29, 1.82) is 0 Å². The van der Waals surface area contributed by atoms with Gasteiger partial charge in [-0.3, -0.25) is 9.59 Å². The Kier molecular flexibility index (Phi) is 8.49. The first-order chi connectivity index (χ1) is 13.5. The number of benzene rings is 1. The van der Waals surface area contributed by atoms with E-state index in [0.717, 1.165) is 54.9 Å². The van der Waals surface area contributed by atoms with E-state index in [9.17, 15) is 9.59 Å². The highest BCUT2D eigenvalue weighted by Gasteiger charge is 2.20. The molecule has 0 aliphatic rings. The summed E-state index contributed by atoms with van der Waals surface area (Å²) in [6.07, 6.45) is 7.37. The lowest BCUT2D eigenvalue weighted by atomic mass is 10.0. The Labute approximate surface area is 169 Å². The van der Waals surface area contributed by atoms with Gasteiger partial charge in [0.1, 0.15) is 5.56 Å². The lowest BCUT2D eigenvalue weighted by Gasteiger charge is -2.20. The predicted molar refractivity (Wildman–Crippen MR) is 117 cm³/mol. The molecule has 1 amide bonds. The van der Waals surface area contributed by atoms with Crippen molar-refractivity contribution in [1.82, 2.24) is 4.57 Å². The number of amides is 1. The minimum Gasteiger partial charge on any atom is -0.348 e. The number of hydrogen-bond donors (Lipinski definition) is 1. The third kappa shape index (κ3) is 5.57. The van der Waals surface area contributed by atoms with E-state index in [-0.39, 0.29) is 11.3 Å². The van der Waals surface area contributed by atoms with Gasteiger partial charge in [0.15, 0.2) is 5.43 Å². The molecule has 4 nitrogen and oxygen atoms in total. The fraction of sp³-hybridized carbons (Fsp3) is 0.500. The molecule has 4 heteroatoms. The Hall–Kier alpha value is -2.36. The number of para-hydroxylation sites is 1. The van der Waals surface area contributed by atoms with Gasteiger partial charge in [0.05, 0.1) is 0 Å². The highest BCUT2D eigenvalue weighted by molar-refractivity contribution is 6.05. The predicted octanol–water partition coefficient (Wildman–Crippen LogP) is 5.64. The van der Waals surface area contributed by atoms with Gasteiger partial charge in [-0.2, -0.15) is 0 Å². The van der Waals surface area contributed by atoms with Crippen LogP contribution in [0.25, 0.3) is 0 Å². The molecule has 0 saturated carbocycles. The number of anilines is 1. The first kappa shape index (κ1) is 21.9. The van der Waals surface area contributed by atoms with Crippen molar-refractivity contribution in [2.45, 2.75) is 79.2 Å². The van der Waals surface area contributed by atoms with Crippen LogP contribution >= 0.6 is 0 Å². The molecule has 0 aliphatic heterocycles. The highest BCUT2D eigenvalue weighted by atomic mass is 16.2. The van der Waals surface area contributed by atoms with Gasteiger partial charge in [0.25, 0.3) is 5.91 Å². The van der Waals surface area contributed by atoms with E-state index in [1.54, 1.807) is 6.07 Å². The zero-order chi connectivity index (χ0) is 20.5. The Balaban J connectivity index is 2.41. The van der Waals surface area contributed by atoms with Gasteiger partial charge in [-0.25, -0.2) is 0 Å². The average molecular weight is 383 g/mol. The molecule has 0 fully saturated rings. The molecule has 0 saturated heterocycles. The van der Waals surface area contributed by atoms with Crippen molar-refractivity contribution >= 4 is 11.6 Å². The maximum absolute atomic E-state index is 13.1. The van der Waals surface area contributed by atoms with E-state index in [1.807, 2.05) is 38.1 Å². The topological polar surface area (TPSA) is 51.1 Å². The number of rotatable bonds is 10. The summed E-state index contributed by atoms with van der Waals surface area (Å²) in [6.45, 7) is 9.11. The molecule has 2 aromatic rings. The largest absolute Gasteiger partial charge is 0.348 e. The van der Waals surface area contributed by atoms with Gasteiger partial charge in [0, 0.05) is 29.7 Å². The normalized spacial score (nSPS) is 10.9. The number of carbonyl (C=O) groups is 1. The zero-order valence-electron chi connectivity index (χ0n) is 17.8. The molecule has 0 aliphatic carbocycles. The van der Waals surface area contributed by atoms with E-state index in [1.165, 1.54) is 19.3 Å². The molecule has 28 heavy (non-hydrogen) atoms. The Morgan fingerprint density at radius 1 is 1.00 bits per heavy atom. The zero-order valence-corrected chi connectivity index (χ0v) is 17.8. The number of unbranched alkanes of at least 4 members (excludes halogenated alkanes) is 4. The van der Waals surface area contributed by atoms with Crippen molar-refractivity contribution in [3.05, 3.63) is 63.1 Å². The summed E-state index contributed by atoms with van der Waals surface area (Å²) in [5, 5.41) is 2.95. The molecule has 0 unspecified atom stereocenters. The number of hydrogen-bond acceptors (Lipinski definition) is 2. The molecular weight excluding hydrogens is 348 g/mol. The van der Waals surface area contributed by atoms with Crippen LogP contribution in [0.5, 0.6) is 0 Å². The summed E-state index contributed by atoms with van der Waals surface area (Å²) in [5.41, 5.74) is 3.69. The van der Waals surface area contributed by atoms with E-state index in [4.69, 9.17) is 0 Å². The number of nitrogens with one attached hydrogen (secondary N) is 1. The summed E-state index contributed by atoms with van der Waals surface area (Å²) in [5.74, 6) is -0.298. The van der Waals surface area contributed by atoms with Gasteiger partial charge >= 0.3 is 0 Å². The van der Waals surface area contributed by atoms with Crippen LogP contribution in [-0.4, -0.2) is 10.5 Å². The van der Waals surface area contributed by atoms with Gasteiger partial charge in [-0.15, -0.1) is 0 Å². The molecule has 1 aromatic carbocycles. The van der Waals surface area contributed by atoms with Crippen molar-refractivity contribution in [2.24, 2.45) is 0 Å². The second-order valence-corrected chi connectivity index (χ2v) is 7.56. The van der Waals surface area contributed by atoms with Crippen LogP contribution in [0.15, 0.2) is 35.1 Å². The maximum atomic E-state index is 13.1. The van der Waals surface area contributed by atoms with Crippen LogP contribution in [0.2, 0.25) is 0 Å². The van der Waals surface area contributed by atoms with Crippen LogP contribution in [0.4, 0.5) is 5.69 Å². The van der Waals surface area contributed by atoms with Crippen LogP contribution < -0.4 is 10.7 Å². The molecule has 152 valence electrons. The Morgan fingerprint density at radius 2 is 1.71 bits per heavy atom. The molecule has 1 heterocycles. The van der Waals surface area contributed by atoms with Gasteiger partial charge < -0.3 is 9.88 Å². The summed E-state index contributed by atoms with van der Waals surface area (Å²) < 4.78 is 2.19. The van der Waals surface area contributed by atoms with E-state index in [2.05, 4.69) is 23.7 Å². The number of pyridine rings is 1. The fourth-order valence-electron chi connectivity index (χ4n) is 3.58. The smallest absolute Gasteiger partial charge is 0.261 e. The molecule has 1 N–H and O–H groups in total. The van der Waals surface area contributed by atoms with Crippen LogP contribution in [0.1, 0.15) is 79.7 Å². The van der Waals surface area contributed by atoms with Gasteiger partial charge in [-0.05, 0) is 44.7 Å². The van der Waals surface area contributed by atoms with Crippen molar-refractivity contribution in [3.8, 4) is 0 Å². The van der Waals surface area contributed by atoms with Crippen molar-refractivity contribution in [2.75, 3.05) is 5.32 Å². The minimum atomic E-state index is -0.298. The summed E-state index contributed by atoms with van der Waals surface area (Å²) in [4.78, 5) is 25.9. The van der Waals surface area contributed by atoms with E-state index >= 15 is 0 Å². The van der Waals surface area contributed by atoms with Crippen molar-refractivity contribution < 1.29 is 4.79 Å². The number of carbonyl (C=O) groups excluding carboxylic acids is 1. The lowest BCUT2D eigenvalue weighted by molar-refractivity contribution is 0.102. The average Bonchev–Trinajstić information content (AvgIpc) is 2.66. The van der Waals surface area contributed by atoms with E-state index in [0.29, 0.717) is 5.56 Å². The standard InChI is InChI=1S/C24H34N2O2/c1-5-7-9-12-16-26-19(4)17-22(27)23(21(26)15-8-6-2)24(28)25-20-14-11-10-13-18(20)3/h10-11,13-14,17H,5-9,12,15-16H2,1-4H3,(H,25,28). The number of aryl methyl sites for hydroxylation is 2. The molecular formula is C24H34N2O2. The summed E-state index contributed by atoms with van der Waals surface area (Å²) in [7, 11) is 0. The molecule has 0 spiro atoms. The SMILES string of the molecule is CCCCCCn1c(C)cc(=O)c(C(=O)Nc2ccccc2C)c1CCCC. The molecule has 0 radical (unpaired) electrons. The monoisotopic (exact) mass is 382 g/mol. The highest BCUT2D eigenvalue weighted by Crippen LogP contribution is 2.18. The maximum Gasteiger partial charge on any atom is 0.261 e. The van der Waals surface area contributed by atoms with Crippen molar-refractivity contribution in [3.63, 3.8) is 0 Å². The third-order valence-electron chi connectivity index (χ3n) is 5.25. The minimum absolute atomic E-state index is 0.181. The molecule has 1 aromatic heterocycles. The number of nitrogens with zero attached hydrogens (tertiary/aromatic N) is 1. The first-order valence-corrected chi connectivity index (χ1v) is 10.6. The quantitative estimate of drug-likeness (QED) is 0.541. The van der Waals surface area contributed by atoms with Crippen LogP contribution in [0, 0.1) is 13.8 Å². The van der Waals surface area contributed by atoms with Crippen LogP contribution in [-0.2, 0) is 13.0 Å². The lowest BCUT2D eigenvalue weighted by Crippen LogP contribution is -2.28. The molecule has 0 atom stereocenters. The van der Waals surface area contributed by atoms with E-state index < -0.39 is 0 Å². The van der Waals surface area contributed by atoms with Crippen LogP contribution in [0.3, 0.4) is 0 Å². The summed E-state index contributed by atoms with van der Waals surface area (Å²) >= 11 is 0. The molecule has 2 rings (SSSR count). The second-order valence-electron chi connectivity index (χ2n) is 7.56. The molecule has 0 bridgehead atoms. The van der Waals surface area contributed by atoms with Gasteiger partial charge in [-0.1, -0.05) is 57.7 Å². The second kappa shape index (κ2) is 10.8. The Bertz CT molecular complexity index is 852. The fourth-order valence-corrected chi connectivity index (χ4v) is 3.58. The first-order valence-electron chi connectivity index (χ1n) is 10.6. The van der Waals surface area contributed by atoms with Gasteiger partial charge in [0.2, 0.25) is 0 Å². The Morgan fingerprint density at radius 3 is 2.39 bits per heavy atom. The summed E-state index contributed by atoms with van der Waals surface area (Å²) in [6, 6.07) is 9.27. The number of aromatic nitrogens is 1. The third-order valence-corrected chi connectivity index (χ3v) is 5.25.